The van der Waals surface area contributed by atoms with Crippen LogP contribution in [0.25, 0.3) is 15.3 Å². The molecule has 1 amide bonds. The molecule has 158 valence electrons. The Morgan fingerprint density at radius 3 is 2.94 bits per heavy atom. The Kier molecular flexibility index (Phi) is 4.98. The van der Waals surface area contributed by atoms with Crippen LogP contribution in [-0.4, -0.2) is 27.3 Å². The number of benzene rings is 2. The van der Waals surface area contributed by atoms with Gasteiger partial charge in [-0.3, -0.25) is 4.79 Å². The van der Waals surface area contributed by atoms with Crippen LogP contribution in [0.5, 0.6) is 5.75 Å². The average Bonchev–Trinajstić information content (AvgIpc) is 3.32. The van der Waals surface area contributed by atoms with Crippen molar-refractivity contribution in [1.29, 1.82) is 0 Å². The lowest BCUT2D eigenvalue weighted by Crippen LogP contribution is -2.25. The maximum Gasteiger partial charge on any atom is 0.226 e. The van der Waals surface area contributed by atoms with Crippen molar-refractivity contribution in [2.24, 2.45) is 0 Å². The van der Waals surface area contributed by atoms with Crippen molar-refractivity contribution in [3.05, 3.63) is 64.8 Å². The first-order valence-corrected chi connectivity index (χ1v) is 11.3. The highest BCUT2D eigenvalue weighted by Crippen LogP contribution is 2.41. The maximum absolute atomic E-state index is 12.7. The van der Waals surface area contributed by atoms with E-state index in [0.29, 0.717) is 13.0 Å². The van der Waals surface area contributed by atoms with E-state index < -0.39 is 0 Å². The number of fused-ring (bicyclic) bond motifs is 2. The molecule has 0 spiro atoms. The number of thiazole rings is 1. The Bertz CT molecular complexity index is 1290. The Labute approximate surface area is 184 Å². The second-order valence-corrected chi connectivity index (χ2v) is 8.96. The van der Waals surface area contributed by atoms with Gasteiger partial charge in [-0.05, 0) is 55.7 Å². The van der Waals surface area contributed by atoms with Crippen LogP contribution >= 0.6 is 11.3 Å². The van der Waals surface area contributed by atoms with E-state index in [2.05, 4.69) is 37.4 Å². The molecule has 5 rings (SSSR count). The monoisotopic (exact) mass is 432 g/mol. The average molecular weight is 433 g/mol. The molecule has 3 heterocycles. The van der Waals surface area contributed by atoms with Crippen LogP contribution in [0.2, 0.25) is 0 Å². The second kappa shape index (κ2) is 7.81. The minimum Gasteiger partial charge on any atom is -0.494 e. The van der Waals surface area contributed by atoms with Crippen molar-refractivity contribution in [3.63, 3.8) is 0 Å². The van der Waals surface area contributed by atoms with E-state index in [-0.39, 0.29) is 11.8 Å². The van der Waals surface area contributed by atoms with Gasteiger partial charge in [0.05, 0.1) is 22.5 Å². The third kappa shape index (κ3) is 3.59. The molecule has 31 heavy (non-hydrogen) atoms. The molecular formula is C24H24N4O2S. The molecule has 0 bridgehead atoms. The van der Waals surface area contributed by atoms with Gasteiger partial charge in [-0.25, -0.2) is 4.98 Å². The molecule has 1 aliphatic rings. The number of hydrogen-bond acceptors (Lipinski definition) is 5. The summed E-state index contributed by atoms with van der Waals surface area (Å²) in [4.78, 5) is 17.4. The number of rotatable bonds is 5. The van der Waals surface area contributed by atoms with Gasteiger partial charge in [-0.15, -0.1) is 0 Å². The smallest absolute Gasteiger partial charge is 0.226 e. The minimum absolute atomic E-state index is 0.0181. The van der Waals surface area contributed by atoms with Gasteiger partial charge in [0.2, 0.25) is 11.0 Å². The van der Waals surface area contributed by atoms with Crippen LogP contribution in [0.1, 0.15) is 48.1 Å². The van der Waals surface area contributed by atoms with Gasteiger partial charge in [0.15, 0.2) is 0 Å². The first kappa shape index (κ1) is 19.8. The summed E-state index contributed by atoms with van der Waals surface area (Å²) in [5, 5.41) is 8.59. The molecule has 1 aliphatic heterocycles. The molecule has 0 fully saturated rings. The molecule has 0 saturated carbocycles. The SMILES string of the molecule is CCCOc1cccc([C@@H]2CC(=O)Nc3c2c(C)nn3-c2nc3ccc(C)cc3s2)c1. The van der Waals surface area contributed by atoms with E-state index in [1.54, 1.807) is 16.0 Å². The van der Waals surface area contributed by atoms with Crippen molar-refractivity contribution in [3.8, 4) is 10.9 Å². The van der Waals surface area contributed by atoms with Crippen molar-refractivity contribution in [2.75, 3.05) is 11.9 Å². The zero-order valence-corrected chi connectivity index (χ0v) is 18.6. The minimum atomic E-state index is -0.0701. The van der Waals surface area contributed by atoms with Gasteiger partial charge in [0.1, 0.15) is 11.6 Å². The predicted molar refractivity (Wildman–Crippen MR) is 124 cm³/mol. The molecule has 2 aromatic heterocycles. The predicted octanol–water partition coefficient (Wildman–Crippen LogP) is 5.36. The maximum atomic E-state index is 12.7. The van der Waals surface area contributed by atoms with Crippen molar-refractivity contribution >= 4 is 33.3 Å². The second-order valence-electron chi connectivity index (χ2n) is 7.95. The number of anilines is 1. The van der Waals surface area contributed by atoms with Crippen molar-refractivity contribution in [1.82, 2.24) is 14.8 Å². The van der Waals surface area contributed by atoms with Crippen LogP contribution in [0.4, 0.5) is 5.82 Å². The molecule has 7 heteroatoms. The van der Waals surface area contributed by atoms with Gasteiger partial charge in [0, 0.05) is 17.9 Å². The largest absolute Gasteiger partial charge is 0.494 e. The molecule has 0 aliphatic carbocycles. The Balaban J connectivity index is 1.59. The topological polar surface area (TPSA) is 69.0 Å². The van der Waals surface area contributed by atoms with E-state index in [1.165, 1.54) is 5.56 Å². The fourth-order valence-corrected chi connectivity index (χ4v) is 5.14. The van der Waals surface area contributed by atoms with Crippen molar-refractivity contribution < 1.29 is 9.53 Å². The summed E-state index contributed by atoms with van der Waals surface area (Å²) in [5.41, 5.74) is 5.14. The first-order chi connectivity index (χ1) is 15.0. The molecule has 0 radical (unpaired) electrons. The third-order valence-electron chi connectivity index (χ3n) is 5.55. The van der Waals surface area contributed by atoms with E-state index >= 15 is 0 Å². The molecule has 0 unspecified atom stereocenters. The van der Waals surface area contributed by atoms with E-state index in [4.69, 9.17) is 14.8 Å². The number of amides is 1. The van der Waals surface area contributed by atoms with Gasteiger partial charge in [0.25, 0.3) is 0 Å². The van der Waals surface area contributed by atoms with Gasteiger partial charge in [-0.1, -0.05) is 36.5 Å². The number of nitrogens with zero attached hydrogens (tertiary/aromatic N) is 3. The number of carbonyl (C=O) groups is 1. The number of nitrogens with one attached hydrogen (secondary N) is 1. The molecule has 0 saturated heterocycles. The number of ether oxygens (including phenoxy) is 1. The summed E-state index contributed by atoms with van der Waals surface area (Å²) in [5.74, 6) is 1.46. The van der Waals surface area contributed by atoms with Crippen LogP contribution in [-0.2, 0) is 4.79 Å². The van der Waals surface area contributed by atoms with Gasteiger partial charge >= 0.3 is 0 Å². The lowest BCUT2D eigenvalue weighted by atomic mass is 9.86. The van der Waals surface area contributed by atoms with Crippen LogP contribution in [0.3, 0.4) is 0 Å². The van der Waals surface area contributed by atoms with Crippen molar-refractivity contribution in [2.45, 2.75) is 39.5 Å². The van der Waals surface area contributed by atoms with Crippen LogP contribution in [0.15, 0.2) is 42.5 Å². The normalized spacial score (nSPS) is 15.7. The number of hydrogen-bond donors (Lipinski definition) is 1. The summed E-state index contributed by atoms with van der Waals surface area (Å²) in [6.07, 6.45) is 1.34. The van der Waals surface area contributed by atoms with E-state index in [0.717, 1.165) is 50.2 Å². The lowest BCUT2D eigenvalue weighted by Gasteiger charge is -2.24. The highest BCUT2D eigenvalue weighted by Gasteiger charge is 2.33. The molecule has 1 atom stereocenters. The molecular weight excluding hydrogens is 408 g/mol. The van der Waals surface area contributed by atoms with Crippen LogP contribution in [0, 0.1) is 13.8 Å². The van der Waals surface area contributed by atoms with Gasteiger partial charge < -0.3 is 10.1 Å². The number of aromatic nitrogens is 3. The van der Waals surface area contributed by atoms with E-state index in [1.807, 2.05) is 31.2 Å². The summed E-state index contributed by atoms with van der Waals surface area (Å²) < 4.78 is 8.71. The standard InChI is InChI=1S/C24H24N4O2S/c1-4-10-30-17-7-5-6-16(12-17)18-13-21(29)26-23-22(18)15(3)27-28(23)24-25-19-9-8-14(2)11-20(19)31-24/h5-9,11-12,18H,4,10,13H2,1-3H3,(H,26,29)/t18-/m0/s1. The summed E-state index contributed by atoms with van der Waals surface area (Å²) in [6.45, 7) is 6.83. The highest BCUT2D eigenvalue weighted by atomic mass is 32.1. The Morgan fingerprint density at radius 2 is 2.10 bits per heavy atom. The Morgan fingerprint density at radius 1 is 1.23 bits per heavy atom. The fraction of sp³-hybridized carbons (Fsp3) is 0.292. The molecule has 4 aromatic rings. The van der Waals surface area contributed by atoms with Gasteiger partial charge in [-0.2, -0.15) is 9.78 Å². The van der Waals surface area contributed by atoms with Crippen LogP contribution < -0.4 is 10.1 Å². The zero-order chi connectivity index (χ0) is 21.5. The zero-order valence-electron chi connectivity index (χ0n) is 17.8. The lowest BCUT2D eigenvalue weighted by molar-refractivity contribution is -0.116. The molecule has 6 nitrogen and oxygen atoms in total. The molecule has 2 aromatic carbocycles. The summed E-state index contributed by atoms with van der Waals surface area (Å²) >= 11 is 1.58. The Hall–Kier alpha value is -3.19. The molecule has 1 N–H and O–H groups in total. The summed E-state index contributed by atoms with van der Waals surface area (Å²) in [7, 11) is 0. The summed E-state index contributed by atoms with van der Waals surface area (Å²) in [6, 6.07) is 14.3. The third-order valence-corrected chi connectivity index (χ3v) is 6.54. The fourth-order valence-electron chi connectivity index (χ4n) is 4.12. The number of carbonyl (C=O) groups excluding carboxylic acids is 1. The number of aryl methyl sites for hydroxylation is 2. The highest BCUT2D eigenvalue weighted by molar-refractivity contribution is 7.20. The first-order valence-electron chi connectivity index (χ1n) is 10.5. The quantitative estimate of drug-likeness (QED) is 0.461. The van der Waals surface area contributed by atoms with E-state index in [9.17, 15) is 4.79 Å².